The molecule has 1 N–H and O–H groups in total. The van der Waals surface area contributed by atoms with E-state index in [1.807, 2.05) is 59.2 Å². The minimum Gasteiger partial charge on any atom is -0.342 e. The number of hydrogen-bond donors (Lipinski definition) is 1. The Kier molecular flexibility index (Phi) is 6.69. The van der Waals surface area contributed by atoms with Gasteiger partial charge in [0, 0.05) is 47.2 Å². The number of nitrogens with one attached hydrogen (secondary N) is 1. The highest BCUT2D eigenvalue weighted by atomic mass is 32.1. The largest absolute Gasteiger partial charge is 0.342 e. The molecule has 2 amide bonds. The van der Waals surface area contributed by atoms with Crippen LogP contribution in [0.5, 0.6) is 0 Å². The summed E-state index contributed by atoms with van der Waals surface area (Å²) in [5, 5.41) is 6.94. The normalized spacial score (nSPS) is 11.2. The van der Waals surface area contributed by atoms with Crippen molar-refractivity contribution in [1.29, 1.82) is 0 Å². The molecule has 1 aromatic carbocycles. The molecule has 154 valence electrons. The lowest BCUT2D eigenvalue weighted by Gasteiger charge is -2.19. The molecule has 0 aliphatic carbocycles. The highest BCUT2D eigenvalue weighted by Gasteiger charge is 2.13. The van der Waals surface area contributed by atoms with Crippen LogP contribution in [0.1, 0.15) is 44.3 Å². The van der Waals surface area contributed by atoms with Crippen LogP contribution < -0.4 is 5.32 Å². The maximum absolute atomic E-state index is 12.4. The van der Waals surface area contributed by atoms with Crippen molar-refractivity contribution in [2.45, 2.75) is 46.6 Å². The van der Waals surface area contributed by atoms with Crippen molar-refractivity contribution in [3.63, 3.8) is 0 Å². The standard InChI is InChI=1S/C22H28N4O2S/c1-5-25(6-2)21(28)13-26-10-9-16-11-17(7-8-19(16)26)23-20(27)12-18-14-29-22(24-18)15(3)4/h7-11,14-15H,5-6,12-13H2,1-4H3,(H,23,27). The number of carbonyl (C=O) groups is 2. The van der Waals surface area contributed by atoms with Gasteiger partial charge in [-0.1, -0.05) is 13.8 Å². The van der Waals surface area contributed by atoms with Crippen molar-refractivity contribution in [1.82, 2.24) is 14.5 Å². The lowest BCUT2D eigenvalue weighted by atomic mass is 10.2. The predicted octanol–water partition coefficient (Wildman–Crippen LogP) is 4.27. The summed E-state index contributed by atoms with van der Waals surface area (Å²) in [5.41, 5.74) is 2.53. The van der Waals surface area contributed by atoms with Crippen LogP contribution in [0.3, 0.4) is 0 Å². The van der Waals surface area contributed by atoms with Crippen LogP contribution in [-0.2, 0) is 22.6 Å². The van der Waals surface area contributed by atoms with Crippen LogP contribution in [0.2, 0.25) is 0 Å². The molecule has 0 radical (unpaired) electrons. The van der Waals surface area contributed by atoms with Crippen molar-refractivity contribution in [3.8, 4) is 0 Å². The van der Waals surface area contributed by atoms with Crippen molar-refractivity contribution >= 4 is 39.7 Å². The number of amides is 2. The monoisotopic (exact) mass is 412 g/mol. The summed E-state index contributed by atoms with van der Waals surface area (Å²) in [6, 6.07) is 7.72. The number of benzene rings is 1. The van der Waals surface area contributed by atoms with Gasteiger partial charge in [-0.2, -0.15) is 0 Å². The topological polar surface area (TPSA) is 67.2 Å². The number of fused-ring (bicyclic) bond motifs is 1. The Morgan fingerprint density at radius 3 is 2.62 bits per heavy atom. The van der Waals surface area contributed by atoms with E-state index in [4.69, 9.17) is 0 Å². The van der Waals surface area contributed by atoms with Crippen LogP contribution in [0.4, 0.5) is 5.69 Å². The van der Waals surface area contributed by atoms with Crippen LogP contribution in [-0.4, -0.2) is 39.4 Å². The Morgan fingerprint density at radius 1 is 1.21 bits per heavy atom. The summed E-state index contributed by atoms with van der Waals surface area (Å²) in [7, 11) is 0. The smallest absolute Gasteiger partial charge is 0.242 e. The van der Waals surface area contributed by atoms with Gasteiger partial charge >= 0.3 is 0 Å². The minimum atomic E-state index is -0.0823. The second-order valence-electron chi connectivity index (χ2n) is 7.34. The number of carbonyl (C=O) groups excluding carboxylic acids is 2. The third-order valence-electron chi connectivity index (χ3n) is 4.88. The van der Waals surface area contributed by atoms with Gasteiger partial charge in [0.1, 0.15) is 6.54 Å². The number of likely N-dealkylation sites (N-methyl/N-ethyl adjacent to an activating group) is 1. The van der Waals surface area contributed by atoms with Gasteiger partial charge in [-0.25, -0.2) is 4.98 Å². The zero-order valence-corrected chi connectivity index (χ0v) is 18.3. The van der Waals surface area contributed by atoms with Gasteiger partial charge in [0.2, 0.25) is 11.8 Å². The highest BCUT2D eigenvalue weighted by Crippen LogP contribution is 2.22. The Balaban J connectivity index is 1.67. The average Bonchev–Trinajstić information content (AvgIpc) is 3.30. The molecule has 29 heavy (non-hydrogen) atoms. The van der Waals surface area contributed by atoms with Crippen LogP contribution in [0.25, 0.3) is 10.9 Å². The first kappa shape index (κ1) is 21.0. The third kappa shape index (κ3) is 5.03. The maximum Gasteiger partial charge on any atom is 0.242 e. The number of aromatic nitrogens is 2. The van der Waals surface area contributed by atoms with Gasteiger partial charge in [-0.3, -0.25) is 9.59 Å². The molecule has 7 heteroatoms. The first-order valence-corrected chi connectivity index (χ1v) is 10.9. The second kappa shape index (κ2) is 9.22. The molecule has 6 nitrogen and oxygen atoms in total. The third-order valence-corrected chi connectivity index (χ3v) is 6.08. The lowest BCUT2D eigenvalue weighted by molar-refractivity contribution is -0.131. The maximum atomic E-state index is 12.4. The molecule has 0 bridgehead atoms. The van der Waals surface area contributed by atoms with Crippen molar-refractivity contribution in [2.24, 2.45) is 0 Å². The summed E-state index contributed by atoms with van der Waals surface area (Å²) in [6.07, 6.45) is 2.18. The first-order valence-electron chi connectivity index (χ1n) is 10.0. The molecule has 0 aliphatic heterocycles. The number of hydrogen-bond acceptors (Lipinski definition) is 4. The van der Waals surface area contributed by atoms with E-state index in [0.717, 1.165) is 27.3 Å². The van der Waals surface area contributed by atoms with Crippen LogP contribution in [0.15, 0.2) is 35.8 Å². The van der Waals surface area contributed by atoms with Gasteiger partial charge < -0.3 is 14.8 Å². The van der Waals surface area contributed by atoms with Gasteiger partial charge in [0.05, 0.1) is 17.1 Å². The molecule has 0 unspecified atom stereocenters. The molecule has 0 fully saturated rings. The van der Waals surface area contributed by atoms with E-state index < -0.39 is 0 Å². The molecule has 0 atom stereocenters. The van der Waals surface area contributed by atoms with E-state index in [1.165, 1.54) is 0 Å². The van der Waals surface area contributed by atoms with E-state index in [2.05, 4.69) is 24.1 Å². The number of thiazole rings is 1. The van der Waals surface area contributed by atoms with Crippen molar-refractivity contribution < 1.29 is 9.59 Å². The molecule has 3 rings (SSSR count). The Morgan fingerprint density at radius 2 is 1.97 bits per heavy atom. The molecule has 0 saturated heterocycles. The van der Waals surface area contributed by atoms with Crippen LogP contribution in [0, 0.1) is 0 Å². The van der Waals surface area contributed by atoms with Crippen LogP contribution >= 0.6 is 11.3 Å². The van der Waals surface area contributed by atoms with Gasteiger partial charge in [0.15, 0.2) is 0 Å². The number of anilines is 1. The van der Waals surface area contributed by atoms with Crippen molar-refractivity contribution in [2.75, 3.05) is 18.4 Å². The Hall–Kier alpha value is -2.67. The van der Waals surface area contributed by atoms with E-state index in [-0.39, 0.29) is 18.2 Å². The molecule has 0 aliphatic rings. The van der Waals surface area contributed by atoms with Gasteiger partial charge in [-0.15, -0.1) is 11.3 Å². The van der Waals surface area contributed by atoms with E-state index in [9.17, 15) is 9.59 Å². The van der Waals surface area contributed by atoms with Gasteiger partial charge in [-0.05, 0) is 38.1 Å². The Bertz CT molecular complexity index is 1000. The fourth-order valence-corrected chi connectivity index (χ4v) is 4.11. The summed E-state index contributed by atoms with van der Waals surface area (Å²) in [5.74, 6) is 0.395. The fourth-order valence-electron chi connectivity index (χ4n) is 3.28. The number of rotatable bonds is 8. The molecule has 3 aromatic rings. The second-order valence-corrected chi connectivity index (χ2v) is 8.23. The average molecular weight is 413 g/mol. The van der Waals surface area contributed by atoms with Crippen molar-refractivity contribution in [3.05, 3.63) is 46.5 Å². The van der Waals surface area contributed by atoms with E-state index in [1.54, 1.807) is 11.3 Å². The fraction of sp³-hybridized carbons (Fsp3) is 0.409. The quantitative estimate of drug-likeness (QED) is 0.601. The molecular formula is C22H28N4O2S. The van der Waals surface area contributed by atoms with E-state index in [0.29, 0.717) is 25.6 Å². The summed E-state index contributed by atoms with van der Waals surface area (Å²) in [4.78, 5) is 31.1. The number of nitrogens with zero attached hydrogens (tertiary/aromatic N) is 3. The SMILES string of the molecule is CCN(CC)C(=O)Cn1ccc2cc(NC(=O)Cc3csc(C(C)C)n3)ccc21. The molecule has 0 spiro atoms. The first-order chi connectivity index (χ1) is 13.9. The van der Waals surface area contributed by atoms with E-state index >= 15 is 0 Å². The lowest BCUT2D eigenvalue weighted by Crippen LogP contribution is -2.33. The highest BCUT2D eigenvalue weighted by molar-refractivity contribution is 7.09. The zero-order valence-electron chi connectivity index (χ0n) is 17.4. The summed E-state index contributed by atoms with van der Waals surface area (Å²) >= 11 is 1.60. The molecule has 2 heterocycles. The summed E-state index contributed by atoms with van der Waals surface area (Å²) in [6.45, 7) is 9.90. The summed E-state index contributed by atoms with van der Waals surface area (Å²) < 4.78 is 1.95. The zero-order chi connectivity index (χ0) is 21.0. The predicted molar refractivity (Wildman–Crippen MR) is 118 cm³/mol. The van der Waals surface area contributed by atoms with Gasteiger partial charge in [0.25, 0.3) is 0 Å². The molecule has 0 saturated carbocycles. The molecular weight excluding hydrogens is 384 g/mol. The Labute approximate surface area is 175 Å². The minimum absolute atomic E-state index is 0.0823. The molecule has 2 aromatic heterocycles.